The number of carbonyl (C=O) groups is 1. The van der Waals surface area contributed by atoms with Gasteiger partial charge in [-0.15, -0.1) is 0 Å². The van der Waals surface area contributed by atoms with E-state index in [1.54, 1.807) is 6.07 Å². The number of aliphatic hydroxyl groups is 1. The van der Waals surface area contributed by atoms with Crippen molar-refractivity contribution < 1.29 is 9.90 Å². The van der Waals surface area contributed by atoms with Crippen molar-refractivity contribution in [2.75, 3.05) is 0 Å². The molecule has 0 radical (unpaired) electrons. The Bertz CT molecular complexity index is 660. The summed E-state index contributed by atoms with van der Waals surface area (Å²) in [6, 6.07) is 10.4. The van der Waals surface area contributed by atoms with Crippen molar-refractivity contribution in [1.82, 2.24) is 10.3 Å². The van der Waals surface area contributed by atoms with Crippen molar-refractivity contribution in [3.05, 3.63) is 64.4 Å². The molecule has 2 N–H and O–H groups in total. The lowest BCUT2D eigenvalue weighted by molar-refractivity contribution is 0.0853. The molecule has 0 saturated heterocycles. The Morgan fingerprint density at radius 3 is 2.95 bits per heavy atom. The van der Waals surface area contributed by atoms with Gasteiger partial charge in [-0.3, -0.25) is 9.78 Å². The lowest BCUT2D eigenvalue weighted by atomic mass is 10.1. The average Bonchev–Trinajstić information content (AvgIpc) is 2.75. The van der Waals surface area contributed by atoms with Crippen LogP contribution in [0.1, 0.15) is 27.7 Å². The first-order chi connectivity index (χ1) is 9.65. The van der Waals surface area contributed by atoms with Crippen LogP contribution >= 0.6 is 11.6 Å². The van der Waals surface area contributed by atoms with E-state index in [9.17, 15) is 9.90 Å². The molecule has 0 saturated carbocycles. The van der Waals surface area contributed by atoms with Crippen molar-refractivity contribution in [3.63, 3.8) is 0 Å². The Balaban J connectivity index is 1.83. The fourth-order valence-corrected chi connectivity index (χ4v) is 2.65. The van der Waals surface area contributed by atoms with Gasteiger partial charge in [0.15, 0.2) is 0 Å². The molecule has 4 nitrogen and oxygen atoms in total. The Morgan fingerprint density at radius 2 is 2.15 bits per heavy atom. The molecule has 0 unspecified atom stereocenters. The Kier molecular flexibility index (Phi) is 3.42. The number of halogens is 1. The van der Waals surface area contributed by atoms with Gasteiger partial charge in [0, 0.05) is 17.6 Å². The Hall–Kier alpha value is -1.91. The van der Waals surface area contributed by atoms with E-state index >= 15 is 0 Å². The zero-order valence-corrected chi connectivity index (χ0v) is 11.3. The van der Waals surface area contributed by atoms with E-state index < -0.39 is 12.1 Å². The van der Waals surface area contributed by atoms with E-state index in [2.05, 4.69) is 10.3 Å². The van der Waals surface area contributed by atoms with E-state index in [4.69, 9.17) is 11.6 Å². The van der Waals surface area contributed by atoms with E-state index in [1.807, 2.05) is 24.3 Å². The minimum atomic E-state index is -0.615. The first kappa shape index (κ1) is 13.1. The van der Waals surface area contributed by atoms with Gasteiger partial charge in [-0.2, -0.15) is 0 Å². The number of aromatic nitrogens is 1. The molecule has 1 aliphatic carbocycles. The summed E-state index contributed by atoms with van der Waals surface area (Å²) in [5.41, 5.74) is 2.26. The summed E-state index contributed by atoms with van der Waals surface area (Å²) in [4.78, 5) is 16.1. The second-order valence-corrected chi connectivity index (χ2v) is 5.22. The predicted molar refractivity (Wildman–Crippen MR) is 75.6 cm³/mol. The Labute approximate surface area is 121 Å². The van der Waals surface area contributed by atoms with Crippen LogP contribution in [0, 0.1) is 0 Å². The van der Waals surface area contributed by atoms with Crippen molar-refractivity contribution >= 4 is 17.5 Å². The third-order valence-corrected chi connectivity index (χ3v) is 3.68. The third kappa shape index (κ3) is 2.40. The van der Waals surface area contributed by atoms with Crippen molar-refractivity contribution in [1.29, 1.82) is 0 Å². The summed E-state index contributed by atoms with van der Waals surface area (Å²) in [7, 11) is 0. The number of rotatable bonds is 2. The standard InChI is InChI=1S/C15H13ClN2O2/c16-10-5-6-17-12(8-10)15(20)18-14-11-4-2-1-3-9(11)7-13(14)19/h1-6,8,13-14,19H,7H2,(H,18,20)/t13-,14+/m1/s1. The fraction of sp³-hybridized carbons (Fsp3) is 0.200. The molecule has 5 heteroatoms. The van der Waals surface area contributed by atoms with Crippen LogP contribution in [-0.2, 0) is 6.42 Å². The minimum Gasteiger partial charge on any atom is -0.390 e. The molecule has 3 rings (SSSR count). The predicted octanol–water partition coefficient (Wildman–Crippen LogP) is 2.12. The first-order valence-electron chi connectivity index (χ1n) is 6.33. The monoisotopic (exact) mass is 288 g/mol. The number of nitrogens with zero attached hydrogens (tertiary/aromatic N) is 1. The zero-order chi connectivity index (χ0) is 14.1. The molecule has 2 atom stereocenters. The number of hydrogen-bond acceptors (Lipinski definition) is 3. The van der Waals surface area contributed by atoms with Crippen molar-refractivity contribution in [2.24, 2.45) is 0 Å². The average molecular weight is 289 g/mol. The van der Waals surface area contributed by atoms with Gasteiger partial charge in [-0.05, 0) is 23.3 Å². The van der Waals surface area contributed by atoms with Crippen LogP contribution in [0.3, 0.4) is 0 Å². The van der Waals surface area contributed by atoms with Crippen molar-refractivity contribution in [3.8, 4) is 0 Å². The van der Waals surface area contributed by atoms with Gasteiger partial charge in [0.05, 0.1) is 12.1 Å². The topological polar surface area (TPSA) is 62.2 Å². The van der Waals surface area contributed by atoms with Crippen LogP contribution in [0.15, 0.2) is 42.6 Å². The highest BCUT2D eigenvalue weighted by atomic mass is 35.5. The summed E-state index contributed by atoms with van der Waals surface area (Å²) >= 11 is 5.85. The second kappa shape index (κ2) is 5.23. The zero-order valence-electron chi connectivity index (χ0n) is 10.6. The van der Waals surface area contributed by atoms with Gasteiger partial charge in [-0.25, -0.2) is 0 Å². The van der Waals surface area contributed by atoms with Crippen LogP contribution in [0.5, 0.6) is 0 Å². The van der Waals surface area contributed by atoms with Crippen LogP contribution in [-0.4, -0.2) is 22.1 Å². The highest BCUT2D eigenvalue weighted by Gasteiger charge is 2.32. The van der Waals surface area contributed by atoms with Gasteiger partial charge in [-0.1, -0.05) is 35.9 Å². The molecule has 0 fully saturated rings. The summed E-state index contributed by atoms with van der Waals surface area (Å²) < 4.78 is 0. The highest BCUT2D eigenvalue weighted by molar-refractivity contribution is 6.30. The molecule has 0 aliphatic heterocycles. The normalized spacial score (nSPS) is 20.5. The molecular weight excluding hydrogens is 276 g/mol. The molecular formula is C15H13ClN2O2. The lowest BCUT2D eigenvalue weighted by Gasteiger charge is -2.17. The SMILES string of the molecule is O=C(N[C@H]1c2ccccc2C[C@H]1O)c1cc(Cl)ccn1. The fourth-order valence-electron chi connectivity index (χ4n) is 2.49. The molecule has 1 heterocycles. The Morgan fingerprint density at radius 1 is 1.35 bits per heavy atom. The van der Waals surface area contributed by atoms with E-state index in [0.29, 0.717) is 11.4 Å². The number of fused-ring (bicyclic) bond motifs is 1. The number of pyridine rings is 1. The summed E-state index contributed by atoms with van der Waals surface area (Å²) in [5.74, 6) is -0.340. The number of hydrogen-bond donors (Lipinski definition) is 2. The third-order valence-electron chi connectivity index (χ3n) is 3.45. The van der Waals surface area contributed by atoms with Crippen LogP contribution in [0.25, 0.3) is 0 Å². The molecule has 1 aliphatic rings. The maximum absolute atomic E-state index is 12.2. The van der Waals surface area contributed by atoms with E-state index in [1.165, 1.54) is 12.3 Å². The molecule has 0 spiro atoms. The number of amides is 1. The molecule has 1 amide bonds. The summed E-state index contributed by atoms with van der Waals surface area (Å²) in [6.07, 6.45) is 1.41. The number of carbonyl (C=O) groups excluding carboxylic acids is 1. The second-order valence-electron chi connectivity index (χ2n) is 4.78. The van der Waals surface area contributed by atoms with Crippen LogP contribution < -0.4 is 5.32 Å². The van der Waals surface area contributed by atoms with Gasteiger partial charge in [0.25, 0.3) is 5.91 Å². The molecule has 102 valence electrons. The van der Waals surface area contributed by atoms with Gasteiger partial charge in [0.2, 0.25) is 0 Å². The van der Waals surface area contributed by atoms with Gasteiger partial charge in [0.1, 0.15) is 5.69 Å². The number of benzene rings is 1. The summed E-state index contributed by atoms with van der Waals surface area (Å²) in [5, 5.41) is 13.4. The lowest BCUT2D eigenvalue weighted by Crippen LogP contribution is -2.34. The maximum Gasteiger partial charge on any atom is 0.270 e. The van der Waals surface area contributed by atoms with Gasteiger partial charge >= 0.3 is 0 Å². The number of nitrogens with one attached hydrogen (secondary N) is 1. The quantitative estimate of drug-likeness (QED) is 0.890. The van der Waals surface area contributed by atoms with Gasteiger partial charge < -0.3 is 10.4 Å². The van der Waals surface area contributed by atoms with Crippen LogP contribution in [0.4, 0.5) is 0 Å². The van der Waals surface area contributed by atoms with Crippen molar-refractivity contribution in [2.45, 2.75) is 18.6 Å². The first-order valence-corrected chi connectivity index (χ1v) is 6.71. The van der Waals surface area contributed by atoms with E-state index in [-0.39, 0.29) is 11.6 Å². The smallest absolute Gasteiger partial charge is 0.270 e. The minimum absolute atomic E-state index is 0.245. The molecule has 2 aromatic rings. The largest absolute Gasteiger partial charge is 0.390 e. The number of aliphatic hydroxyl groups excluding tert-OH is 1. The van der Waals surface area contributed by atoms with E-state index in [0.717, 1.165) is 11.1 Å². The molecule has 0 bridgehead atoms. The molecule has 1 aromatic carbocycles. The maximum atomic E-state index is 12.2. The highest BCUT2D eigenvalue weighted by Crippen LogP contribution is 2.31. The molecule has 1 aromatic heterocycles. The summed E-state index contributed by atoms with van der Waals surface area (Å²) in [6.45, 7) is 0. The molecule has 20 heavy (non-hydrogen) atoms. The van der Waals surface area contributed by atoms with Crippen LogP contribution in [0.2, 0.25) is 5.02 Å².